The number of ketones is 1. The molecule has 3 aromatic rings. The molecule has 1 saturated heterocycles. The highest BCUT2D eigenvalue weighted by atomic mass is 32.1. The number of carbonyl (C=O) groups is 2. The topological polar surface area (TPSA) is 94.3 Å². The fourth-order valence-electron chi connectivity index (χ4n) is 3.03. The van der Waals surface area contributed by atoms with Gasteiger partial charge in [0.15, 0.2) is 23.0 Å². The van der Waals surface area contributed by atoms with Crippen LogP contribution in [0, 0.1) is 5.92 Å². The number of aldehydes is 1. The van der Waals surface area contributed by atoms with Gasteiger partial charge in [-0.1, -0.05) is 18.3 Å². The van der Waals surface area contributed by atoms with Gasteiger partial charge in [-0.25, -0.2) is 4.98 Å². The van der Waals surface area contributed by atoms with Crippen LogP contribution in [0.25, 0.3) is 11.5 Å². The van der Waals surface area contributed by atoms with Gasteiger partial charge >= 0.3 is 0 Å². The zero-order valence-electron chi connectivity index (χ0n) is 17.1. The van der Waals surface area contributed by atoms with Gasteiger partial charge in [-0.15, -0.1) is 0 Å². The van der Waals surface area contributed by atoms with Crippen molar-refractivity contribution in [3.8, 4) is 11.5 Å². The zero-order valence-corrected chi connectivity index (χ0v) is 17.9. The summed E-state index contributed by atoms with van der Waals surface area (Å²) in [5.41, 5.74) is 2.30. The minimum Gasteiger partial charge on any atom is -0.463 e. The molecule has 0 saturated carbocycles. The number of aryl methyl sites for hydroxylation is 1. The van der Waals surface area contributed by atoms with Gasteiger partial charge in [-0.3, -0.25) is 14.6 Å². The second-order valence-electron chi connectivity index (χ2n) is 6.73. The van der Waals surface area contributed by atoms with Crippen LogP contribution in [0.2, 0.25) is 0 Å². The molecule has 1 N–H and O–H groups in total. The van der Waals surface area contributed by atoms with Crippen molar-refractivity contribution in [3.63, 3.8) is 0 Å². The summed E-state index contributed by atoms with van der Waals surface area (Å²) in [4.78, 5) is 32.0. The van der Waals surface area contributed by atoms with E-state index in [9.17, 15) is 9.59 Å². The number of pyridine rings is 1. The molecule has 0 amide bonds. The number of rotatable bonds is 6. The van der Waals surface area contributed by atoms with Crippen molar-refractivity contribution in [1.29, 1.82) is 0 Å². The van der Waals surface area contributed by atoms with Gasteiger partial charge in [0.05, 0.1) is 6.26 Å². The number of furan rings is 1. The third-order valence-electron chi connectivity index (χ3n) is 4.76. The van der Waals surface area contributed by atoms with Gasteiger partial charge < -0.3 is 14.5 Å². The molecule has 0 atom stereocenters. The summed E-state index contributed by atoms with van der Waals surface area (Å²) < 4.78 is 10.7. The van der Waals surface area contributed by atoms with Crippen molar-refractivity contribution < 1.29 is 18.7 Å². The molecular formula is C22H25N3O4S. The number of aromatic nitrogens is 2. The monoisotopic (exact) mass is 427 g/mol. The van der Waals surface area contributed by atoms with E-state index < -0.39 is 0 Å². The van der Waals surface area contributed by atoms with Crippen molar-refractivity contribution in [1.82, 2.24) is 9.97 Å². The van der Waals surface area contributed by atoms with Crippen LogP contribution in [-0.2, 0) is 11.2 Å². The Kier molecular flexibility index (Phi) is 7.87. The van der Waals surface area contributed by atoms with Crippen LogP contribution in [0.15, 0.2) is 41.1 Å². The Labute approximate surface area is 179 Å². The van der Waals surface area contributed by atoms with E-state index in [1.807, 2.05) is 19.1 Å². The number of hydrogen-bond acceptors (Lipinski definition) is 8. The summed E-state index contributed by atoms with van der Waals surface area (Å²) in [6.07, 6.45) is 6.46. The van der Waals surface area contributed by atoms with Gasteiger partial charge in [-0.05, 0) is 43.5 Å². The fraction of sp³-hybridized carbons (Fsp3) is 0.364. The molecule has 0 aromatic carbocycles. The molecule has 0 bridgehead atoms. The van der Waals surface area contributed by atoms with Gasteiger partial charge in [0, 0.05) is 43.6 Å². The maximum atomic E-state index is 12.7. The van der Waals surface area contributed by atoms with Crippen molar-refractivity contribution in [2.45, 2.75) is 26.2 Å². The number of anilines is 1. The number of nitrogens with zero attached hydrogens (tertiary/aromatic N) is 2. The second-order valence-corrected chi connectivity index (χ2v) is 7.73. The van der Waals surface area contributed by atoms with Crippen LogP contribution in [0.1, 0.15) is 45.5 Å². The maximum Gasteiger partial charge on any atom is 0.183 e. The molecule has 0 radical (unpaired) electrons. The van der Waals surface area contributed by atoms with Gasteiger partial charge in [0.2, 0.25) is 0 Å². The van der Waals surface area contributed by atoms with Gasteiger partial charge in [0.1, 0.15) is 10.6 Å². The first-order chi connectivity index (χ1) is 14.7. The lowest BCUT2D eigenvalue weighted by atomic mass is 9.94. The van der Waals surface area contributed by atoms with Crippen LogP contribution < -0.4 is 5.32 Å². The molecule has 3 aromatic heterocycles. The molecule has 8 heteroatoms. The third kappa shape index (κ3) is 5.40. The summed E-state index contributed by atoms with van der Waals surface area (Å²) in [7, 11) is 1.80. The Hall–Kier alpha value is -2.84. The molecule has 0 spiro atoms. The Morgan fingerprint density at radius 2 is 2.10 bits per heavy atom. The van der Waals surface area contributed by atoms with Crippen LogP contribution in [0.4, 0.5) is 5.13 Å². The molecule has 0 aliphatic carbocycles. The van der Waals surface area contributed by atoms with Crippen LogP contribution in [0.3, 0.4) is 0 Å². The van der Waals surface area contributed by atoms with E-state index in [2.05, 4.69) is 15.3 Å². The minimum absolute atomic E-state index is 0.0302. The zero-order chi connectivity index (χ0) is 21.3. The summed E-state index contributed by atoms with van der Waals surface area (Å²) in [6.45, 7) is 3.34. The fourth-order valence-corrected chi connectivity index (χ4v) is 3.98. The number of carbonyl (C=O) groups excluding carboxylic acids is 2. The van der Waals surface area contributed by atoms with E-state index in [0.29, 0.717) is 35.1 Å². The maximum absolute atomic E-state index is 12.7. The molecule has 4 rings (SSSR count). The largest absolute Gasteiger partial charge is 0.463 e. The number of hydrogen-bond donors (Lipinski definition) is 1. The van der Waals surface area contributed by atoms with E-state index in [4.69, 9.17) is 9.15 Å². The summed E-state index contributed by atoms with van der Waals surface area (Å²) >= 11 is 1.39. The second kappa shape index (κ2) is 10.8. The third-order valence-corrected chi connectivity index (χ3v) is 5.84. The quantitative estimate of drug-likeness (QED) is 0.457. The van der Waals surface area contributed by atoms with Gasteiger partial charge in [-0.2, -0.15) is 0 Å². The van der Waals surface area contributed by atoms with E-state index in [0.717, 1.165) is 36.4 Å². The first kappa shape index (κ1) is 21.9. The lowest BCUT2D eigenvalue weighted by Gasteiger charge is -2.20. The lowest BCUT2D eigenvalue weighted by molar-refractivity contribution is 0.0547. The molecule has 0 unspecified atom stereocenters. The van der Waals surface area contributed by atoms with Crippen molar-refractivity contribution in [2.24, 2.45) is 5.92 Å². The average molecular weight is 428 g/mol. The Morgan fingerprint density at radius 3 is 2.67 bits per heavy atom. The SMILES string of the molecule is CCc1ccc(C=O)cn1.CNc1nc(-c2ccco2)c(C(=O)C2CCOCC2)s1. The van der Waals surface area contributed by atoms with Crippen molar-refractivity contribution in [3.05, 3.63) is 52.9 Å². The molecule has 30 heavy (non-hydrogen) atoms. The van der Waals surface area contributed by atoms with Crippen LogP contribution >= 0.6 is 11.3 Å². The van der Waals surface area contributed by atoms with Crippen LogP contribution in [0.5, 0.6) is 0 Å². The minimum atomic E-state index is 0.0302. The molecule has 4 heterocycles. The Balaban J connectivity index is 0.000000216. The highest BCUT2D eigenvalue weighted by Crippen LogP contribution is 2.34. The molecule has 7 nitrogen and oxygen atoms in total. The summed E-state index contributed by atoms with van der Waals surface area (Å²) in [6, 6.07) is 7.27. The summed E-state index contributed by atoms with van der Waals surface area (Å²) in [5.74, 6) is 0.819. The molecule has 1 aliphatic heterocycles. The number of thiazole rings is 1. The van der Waals surface area contributed by atoms with E-state index in [1.165, 1.54) is 11.3 Å². The van der Waals surface area contributed by atoms with E-state index >= 15 is 0 Å². The van der Waals surface area contributed by atoms with E-state index in [-0.39, 0.29) is 11.7 Å². The summed E-state index contributed by atoms with van der Waals surface area (Å²) in [5, 5.41) is 3.72. The Morgan fingerprint density at radius 1 is 1.30 bits per heavy atom. The van der Waals surface area contributed by atoms with Crippen molar-refractivity contribution in [2.75, 3.05) is 25.6 Å². The molecule has 158 valence electrons. The number of ether oxygens (including phenoxy) is 1. The highest BCUT2D eigenvalue weighted by Gasteiger charge is 2.28. The predicted octanol–water partition coefficient (Wildman–Crippen LogP) is 4.51. The molecule has 1 fully saturated rings. The standard InChI is InChI=1S/C14H16N2O3S.C8H9NO/c1-15-14-16-11(10-3-2-6-19-10)13(20-14)12(17)9-4-7-18-8-5-9;1-2-8-4-3-7(6-10)5-9-8/h2-3,6,9H,4-5,7-8H2,1H3,(H,15,16);3-6H,2H2,1H3. The highest BCUT2D eigenvalue weighted by molar-refractivity contribution is 7.18. The first-order valence-electron chi connectivity index (χ1n) is 9.90. The van der Waals surface area contributed by atoms with E-state index in [1.54, 1.807) is 31.6 Å². The smallest absolute Gasteiger partial charge is 0.183 e. The normalized spacial score (nSPS) is 13.9. The first-order valence-corrected chi connectivity index (χ1v) is 10.7. The van der Waals surface area contributed by atoms with Crippen molar-refractivity contribution >= 4 is 28.5 Å². The van der Waals surface area contributed by atoms with Crippen LogP contribution in [-0.4, -0.2) is 42.3 Å². The van der Waals surface area contributed by atoms with Gasteiger partial charge in [0.25, 0.3) is 0 Å². The molecule has 1 aliphatic rings. The average Bonchev–Trinajstić information content (AvgIpc) is 3.49. The number of Topliss-reactive ketones (excluding diaryl/α,β-unsaturated/α-hetero) is 1. The lowest BCUT2D eigenvalue weighted by Crippen LogP contribution is -2.23. The molecular weight excluding hydrogens is 402 g/mol. The Bertz CT molecular complexity index is 945. The number of nitrogens with one attached hydrogen (secondary N) is 1. The predicted molar refractivity (Wildman–Crippen MR) is 116 cm³/mol.